The summed E-state index contributed by atoms with van der Waals surface area (Å²) in [5, 5.41) is 11.4. The molecule has 0 heterocycles. The molecule has 0 aliphatic heterocycles. The summed E-state index contributed by atoms with van der Waals surface area (Å²) in [7, 11) is 4.16. The lowest BCUT2D eigenvalue weighted by Crippen LogP contribution is -3.11. The van der Waals surface area contributed by atoms with E-state index in [0.29, 0.717) is 11.1 Å². The normalized spacial score (nSPS) is 20.6. The molecule has 3 rings (SSSR count). The van der Waals surface area contributed by atoms with Crippen LogP contribution in [0.15, 0.2) is 60.7 Å². The Bertz CT molecular complexity index is 660. The summed E-state index contributed by atoms with van der Waals surface area (Å²) in [6.07, 6.45) is 2.77. The van der Waals surface area contributed by atoms with E-state index in [2.05, 4.69) is 14.1 Å². The molecule has 2 aromatic rings. The van der Waals surface area contributed by atoms with Crippen molar-refractivity contribution in [1.29, 1.82) is 0 Å². The van der Waals surface area contributed by atoms with Crippen LogP contribution in [0, 0.1) is 0 Å². The first-order valence-electron chi connectivity index (χ1n) is 8.88. The minimum Gasteiger partial charge on any atom is -0.453 e. The minimum absolute atomic E-state index is 0.156. The lowest BCUT2D eigenvalue weighted by molar-refractivity contribution is -0.888. The highest BCUT2D eigenvalue weighted by Gasteiger charge is 2.45. The summed E-state index contributed by atoms with van der Waals surface area (Å²) in [6, 6.07) is 18.3. The maximum absolute atomic E-state index is 13.1. The maximum Gasteiger partial charge on any atom is 0.348 e. The summed E-state index contributed by atoms with van der Waals surface area (Å²) >= 11 is 0. The molecule has 4 heteroatoms. The molecule has 25 heavy (non-hydrogen) atoms. The van der Waals surface area contributed by atoms with E-state index in [1.54, 1.807) is 24.3 Å². The molecule has 1 saturated carbocycles. The number of rotatable bonds is 5. The zero-order valence-corrected chi connectivity index (χ0v) is 14.8. The van der Waals surface area contributed by atoms with Gasteiger partial charge in [-0.25, -0.2) is 4.79 Å². The summed E-state index contributed by atoms with van der Waals surface area (Å²) in [5.41, 5.74) is -0.743. The molecule has 132 valence electrons. The lowest BCUT2D eigenvalue weighted by atomic mass is 9.86. The molecule has 2 atom stereocenters. The van der Waals surface area contributed by atoms with Crippen LogP contribution in [0.25, 0.3) is 0 Å². The molecule has 1 aliphatic rings. The smallest absolute Gasteiger partial charge is 0.348 e. The molecule has 0 unspecified atom stereocenters. The summed E-state index contributed by atoms with van der Waals surface area (Å²) in [4.78, 5) is 14.4. The first-order valence-corrected chi connectivity index (χ1v) is 8.88. The van der Waals surface area contributed by atoms with Crippen LogP contribution < -0.4 is 4.90 Å². The average molecular weight is 340 g/mol. The van der Waals surface area contributed by atoms with Crippen LogP contribution in [0.5, 0.6) is 0 Å². The highest BCUT2D eigenvalue weighted by Crippen LogP contribution is 2.33. The zero-order valence-electron chi connectivity index (χ0n) is 14.8. The van der Waals surface area contributed by atoms with Crippen LogP contribution in [0.2, 0.25) is 0 Å². The van der Waals surface area contributed by atoms with Crippen LogP contribution in [0.4, 0.5) is 0 Å². The number of nitrogens with one attached hydrogen (secondary N) is 1. The number of carbonyl (C=O) groups is 1. The van der Waals surface area contributed by atoms with E-state index in [9.17, 15) is 9.90 Å². The van der Waals surface area contributed by atoms with Gasteiger partial charge < -0.3 is 14.7 Å². The van der Waals surface area contributed by atoms with Crippen molar-refractivity contribution in [2.75, 3.05) is 14.1 Å². The summed E-state index contributed by atoms with van der Waals surface area (Å²) in [5.74, 6) is -0.594. The van der Waals surface area contributed by atoms with Crippen molar-refractivity contribution < 1.29 is 19.5 Å². The molecular formula is C21H26NO3+. The van der Waals surface area contributed by atoms with Crippen LogP contribution in [-0.2, 0) is 15.1 Å². The Morgan fingerprint density at radius 3 is 2.00 bits per heavy atom. The van der Waals surface area contributed by atoms with Gasteiger partial charge in [0, 0.05) is 6.42 Å². The average Bonchev–Trinajstić information content (AvgIpc) is 3.11. The number of benzene rings is 2. The Hall–Kier alpha value is -2.17. The molecule has 0 amide bonds. The summed E-state index contributed by atoms with van der Waals surface area (Å²) < 4.78 is 5.85. The molecule has 0 spiro atoms. The van der Waals surface area contributed by atoms with E-state index >= 15 is 0 Å². The number of aliphatic hydroxyl groups is 1. The van der Waals surface area contributed by atoms with Gasteiger partial charge in [-0.05, 0) is 24.0 Å². The van der Waals surface area contributed by atoms with Crippen molar-refractivity contribution in [2.45, 2.75) is 37.0 Å². The van der Waals surface area contributed by atoms with Gasteiger partial charge in [0.2, 0.25) is 5.60 Å². The van der Waals surface area contributed by atoms with Gasteiger partial charge in [0.15, 0.2) is 6.10 Å². The number of quaternary nitrogens is 1. The van der Waals surface area contributed by atoms with Crippen LogP contribution in [0.1, 0.15) is 30.4 Å². The second-order valence-electron chi connectivity index (χ2n) is 7.00. The number of hydrogen-bond acceptors (Lipinski definition) is 3. The van der Waals surface area contributed by atoms with Crippen LogP contribution in [0.3, 0.4) is 0 Å². The lowest BCUT2D eigenvalue weighted by Gasteiger charge is -2.30. The Balaban J connectivity index is 1.94. The van der Waals surface area contributed by atoms with Crippen molar-refractivity contribution in [3.63, 3.8) is 0 Å². The monoisotopic (exact) mass is 340 g/mol. The minimum atomic E-state index is -1.79. The third kappa shape index (κ3) is 3.46. The van der Waals surface area contributed by atoms with E-state index < -0.39 is 11.6 Å². The number of esters is 1. The second kappa shape index (κ2) is 7.38. The van der Waals surface area contributed by atoms with E-state index in [0.717, 1.165) is 19.3 Å². The van der Waals surface area contributed by atoms with Gasteiger partial charge in [-0.2, -0.15) is 0 Å². The standard InChI is InChI=1S/C21H25NO3/c1-22(2)18-14-9-15-19(18)25-20(23)21(24,16-10-5-3-6-11-16)17-12-7-4-8-13-17/h3-8,10-13,18-19,24H,9,14-15H2,1-2H3/p+1/t18-,19+/m0/s1. The summed E-state index contributed by atoms with van der Waals surface area (Å²) in [6.45, 7) is 0. The number of carbonyl (C=O) groups excluding carboxylic acids is 1. The van der Waals surface area contributed by atoms with Crippen LogP contribution >= 0.6 is 0 Å². The van der Waals surface area contributed by atoms with E-state index in [-0.39, 0.29) is 12.1 Å². The molecule has 2 N–H and O–H groups in total. The molecular weight excluding hydrogens is 314 g/mol. The fourth-order valence-corrected chi connectivity index (χ4v) is 3.71. The van der Waals surface area contributed by atoms with Crippen molar-refractivity contribution in [3.05, 3.63) is 71.8 Å². The van der Waals surface area contributed by atoms with E-state index in [1.807, 2.05) is 36.4 Å². The Labute approximate surface area is 149 Å². The predicted octanol–water partition coefficient (Wildman–Crippen LogP) is 1.53. The van der Waals surface area contributed by atoms with Crippen molar-refractivity contribution in [3.8, 4) is 0 Å². The van der Waals surface area contributed by atoms with Gasteiger partial charge in [-0.3, -0.25) is 0 Å². The molecule has 1 fully saturated rings. The second-order valence-corrected chi connectivity index (χ2v) is 7.00. The molecule has 2 aromatic carbocycles. The number of ether oxygens (including phenoxy) is 1. The molecule has 0 bridgehead atoms. The SMILES string of the molecule is C[NH+](C)[C@H]1CCC[C@H]1OC(=O)C(O)(c1ccccc1)c1ccccc1. The van der Waals surface area contributed by atoms with E-state index in [1.165, 1.54) is 4.90 Å². The quantitative estimate of drug-likeness (QED) is 0.812. The van der Waals surface area contributed by atoms with Gasteiger partial charge in [0.1, 0.15) is 6.04 Å². The number of likely N-dealkylation sites (N-methyl/N-ethyl adjacent to an activating group) is 1. The highest BCUT2D eigenvalue weighted by atomic mass is 16.6. The number of hydrogen-bond donors (Lipinski definition) is 2. The molecule has 4 nitrogen and oxygen atoms in total. The molecule has 0 radical (unpaired) electrons. The largest absolute Gasteiger partial charge is 0.453 e. The fourth-order valence-electron chi connectivity index (χ4n) is 3.71. The topological polar surface area (TPSA) is 51.0 Å². The van der Waals surface area contributed by atoms with Gasteiger partial charge in [0.05, 0.1) is 14.1 Å². The highest BCUT2D eigenvalue weighted by molar-refractivity contribution is 5.85. The third-order valence-corrected chi connectivity index (χ3v) is 5.13. The van der Waals surface area contributed by atoms with Gasteiger partial charge in [0.25, 0.3) is 0 Å². The Morgan fingerprint density at radius 1 is 1.00 bits per heavy atom. The van der Waals surface area contributed by atoms with E-state index in [4.69, 9.17) is 4.74 Å². The zero-order chi connectivity index (χ0) is 17.9. The first kappa shape index (κ1) is 17.6. The van der Waals surface area contributed by atoms with Gasteiger partial charge in [-0.1, -0.05) is 60.7 Å². The van der Waals surface area contributed by atoms with Gasteiger partial charge >= 0.3 is 5.97 Å². The molecule has 0 aromatic heterocycles. The molecule has 0 saturated heterocycles. The predicted molar refractivity (Wildman–Crippen MR) is 96.2 cm³/mol. The fraction of sp³-hybridized carbons (Fsp3) is 0.381. The van der Waals surface area contributed by atoms with Crippen molar-refractivity contribution in [2.24, 2.45) is 0 Å². The Morgan fingerprint density at radius 2 is 1.52 bits per heavy atom. The van der Waals surface area contributed by atoms with Crippen molar-refractivity contribution >= 4 is 5.97 Å². The first-order chi connectivity index (χ1) is 12.0. The third-order valence-electron chi connectivity index (χ3n) is 5.13. The van der Waals surface area contributed by atoms with Gasteiger partial charge in [-0.15, -0.1) is 0 Å². The van der Waals surface area contributed by atoms with Crippen molar-refractivity contribution in [1.82, 2.24) is 0 Å². The Kier molecular flexibility index (Phi) is 5.21. The van der Waals surface area contributed by atoms with Crippen LogP contribution in [-0.4, -0.2) is 37.3 Å². The maximum atomic E-state index is 13.1. The molecule has 1 aliphatic carbocycles.